The molecular formula is C17H15F2NO3. The van der Waals surface area contributed by atoms with Gasteiger partial charge in [-0.05, 0) is 24.1 Å². The number of hydrogen-bond donors (Lipinski definition) is 1. The standard InChI is InChI=1S/C17H15F2NO3/c1-10-5-3-4-6-11(10)7-16(21)20-15-8-12(17(22)23-2)13(18)9-14(15)19/h3-6,8-9H,7H2,1-2H3,(H,20,21). The van der Waals surface area contributed by atoms with Crippen LogP contribution < -0.4 is 5.32 Å². The first kappa shape index (κ1) is 16.6. The lowest BCUT2D eigenvalue weighted by atomic mass is 10.1. The number of carbonyl (C=O) groups is 2. The van der Waals surface area contributed by atoms with Crippen LogP contribution in [-0.2, 0) is 16.0 Å². The van der Waals surface area contributed by atoms with E-state index >= 15 is 0 Å². The summed E-state index contributed by atoms with van der Waals surface area (Å²) in [6, 6.07) is 8.75. The van der Waals surface area contributed by atoms with Crippen molar-refractivity contribution in [3.05, 3.63) is 64.7 Å². The third kappa shape index (κ3) is 3.91. The molecule has 1 N–H and O–H groups in total. The molecule has 0 aliphatic carbocycles. The molecule has 0 unspecified atom stereocenters. The van der Waals surface area contributed by atoms with E-state index in [-0.39, 0.29) is 12.1 Å². The van der Waals surface area contributed by atoms with Gasteiger partial charge in [0, 0.05) is 6.07 Å². The Morgan fingerprint density at radius 1 is 1.13 bits per heavy atom. The van der Waals surface area contributed by atoms with Crippen LogP contribution in [0.25, 0.3) is 0 Å². The fourth-order valence-corrected chi connectivity index (χ4v) is 2.09. The molecule has 23 heavy (non-hydrogen) atoms. The topological polar surface area (TPSA) is 55.4 Å². The predicted molar refractivity (Wildman–Crippen MR) is 81.2 cm³/mol. The van der Waals surface area contributed by atoms with Crippen molar-refractivity contribution in [3.8, 4) is 0 Å². The van der Waals surface area contributed by atoms with Crippen molar-refractivity contribution in [1.82, 2.24) is 0 Å². The van der Waals surface area contributed by atoms with Gasteiger partial charge >= 0.3 is 5.97 Å². The molecule has 120 valence electrons. The third-order valence-corrected chi connectivity index (χ3v) is 3.35. The van der Waals surface area contributed by atoms with Gasteiger partial charge < -0.3 is 10.1 Å². The number of rotatable bonds is 4. The highest BCUT2D eigenvalue weighted by Gasteiger charge is 2.18. The minimum atomic E-state index is -1.05. The van der Waals surface area contributed by atoms with E-state index in [2.05, 4.69) is 10.1 Å². The molecule has 0 atom stereocenters. The second kappa shape index (κ2) is 7.00. The summed E-state index contributed by atoms with van der Waals surface area (Å²) < 4.78 is 31.7. The summed E-state index contributed by atoms with van der Waals surface area (Å²) in [4.78, 5) is 23.5. The Hall–Kier alpha value is -2.76. The van der Waals surface area contributed by atoms with Gasteiger partial charge in [0.1, 0.15) is 11.6 Å². The number of carbonyl (C=O) groups excluding carboxylic acids is 2. The Kier molecular flexibility index (Phi) is 5.05. The zero-order valence-electron chi connectivity index (χ0n) is 12.7. The fraction of sp³-hybridized carbons (Fsp3) is 0.176. The summed E-state index contributed by atoms with van der Waals surface area (Å²) in [5.41, 5.74) is 1.00. The second-order valence-electron chi connectivity index (χ2n) is 4.95. The van der Waals surface area contributed by atoms with Crippen molar-refractivity contribution < 1.29 is 23.1 Å². The van der Waals surface area contributed by atoms with E-state index in [4.69, 9.17) is 0 Å². The molecule has 0 aromatic heterocycles. The second-order valence-corrected chi connectivity index (χ2v) is 4.95. The molecule has 6 heteroatoms. The Bertz CT molecular complexity index is 759. The summed E-state index contributed by atoms with van der Waals surface area (Å²) in [6.07, 6.45) is 0.0387. The Morgan fingerprint density at radius 2 is 1.83 bits per heavy atom. The molecule has 0 aliphatic rings. The van der Waals surface area contributed by atoms with Gasteiger partial charge in [-0.15, -0.1) is 0 Å². The zero-order valence-corrected chi connectivity index (χ0v) is 12.7. The van der Waals surface area contributed by atoms with E-state index in [1.807, 2.05) is 19.1 Å². The van der Waals surface area contributed by atoms with Crippen molar-refractivity contribution in [2.75, 3.05) is 12.4 Å². The number of benzene rings is 2. The average molecular weight is 319 g/mol. The lowest BCUT2D eigenvalue weighted by Gasteiger charge is -2.10. The van der Waals surface area contributed by atoms with E-state index < -0.39 is 29.1 Å². The number of amides is 1. The van der Waals surface area contributed by atoms with Gasteiger partial charge in [0.2, 0.25) is 5.91 Å². The number of anilines is 1. The molecule has 2 aromatic carbocycles. The molecule has 1 amide bonds. The highest BCUT2D eigenvalue weighted by atomic mass is 19.1. The zero-order chi connectivity index (χ0) is 17.0. The molecule has 2 rings (SSSR count). The van der Waals surface area contributed by atoms with Crippen molar-refractivity contribution in [1.29, 1.82) is 0 Å². The predicted octanol–water partition coefficient (Wildman–Crippen LogP) is 3.24. The van der Waals surface area contributed by atoms with Gasteiger partial charge in [0.25, 0.3) is 0 Å². The van der Waals surface area contributed by atoms with Gasteiger partial charge in [-0.25, -0.2) is 13.6 Å². The molecule has 0 heterocycles. The highest BCUT2D eigenvalue weighted by molar-refractivity contribution is 5.95. The van der Waals surface area contributed by atoms with Gasteiger partial charge in [-0.3, -0.25) is 4.79 Å². The molecule has 0 aliphatic heterocycles. The molecule has 0 saturated heterocycles. The van der Waals surface area contributed by atoms with Crippen LogP contribution in [-0.4, -0.2) is 19.0 Å². The molecule has 2 aromatic rings. The summed E-state index contributed by atoms with van der Waals surface area (Å²) in [7, 11) is 1.08. The minimum Gasteiger partial charge on any atom is -0.465 e. The van der Waals surface area contributed by atoms with E-state index in [0.717, 1.165) is 24.3 Å². The fourth-order valence-electron chi connectivity index (χ4n) is 2.09. The number of halogens is 2. The van der Waals surface area contributed by atoms with Crippen LogP contribution in [0.5, 0.6) is 0 Å². The van der Waals surface area contributed by atoms with Gasteiger partial charge in [-0.1, -0.05) is 24.3 Å². The van der Waals surface area contributed by atoms with Crippen LogP contribution in [0, 0.1) is 18.6 Å². The average Bonchev–Trinajstić information content (AvgIpc) is 2.51. The van der Waals surface area contributed by atoms with Crippen LogP contribution in [0.2, 0.25) is 0 Å². The molecule has 0 saturated carbocycles. The number of esters is 1. The normalized spacial score (nSPS) is 10.3. The van der Waals surface area contributed by atoms with E-state index in [9.17, 15) is 18.4 Å². The van der Waals surface area contributed by atoms with Crippen LogP contribution in [0.1, 0.15) is 21.5 Å². The van der Waals surface area contributed by atoms with E-state index in [1.165, 1.54) is 0 Å². The van der Waals surface area contributed by atoms with Crippen molar-refractivity contribution in [2.45, 2.75) is 13.3 Å². The number of ether oxygens (including phenoxy) is 1. The smallest absolute Gasteiger partial charge is 0.340 e. The Balaban J connectivity index is 2.21. The minimum absolute atomic E-state index is 0.0387. The molecule has 0 fully saturated rings. The van der Waals surface area contributed by atoms with Crippen LogP contribution in [0.4, 0.5) is 14.5 Å². The largest absolute Gasteiger partial charge is 0.465 e. The maximum Gasteiger partial charge on any atom is 0.340 e. The van der Waals surface area contributed by atoms with Crippen LogP contribution in [0.3, 0.4) is 0 Å². The molecule has 0 radical (unpaired) electrons. The van der Waals surface area contributed by atoms with E-state index in [1.54, 1.807) is 12.1 Å². The molecule has 0 bridgehead atoms. The van der Waals surface area contributed by atoms with Crippen molar-refractivity contribution in [3.63, 3.8) is 0 Å². The molecular weight excluding hydrogens is 304 g/mol. The maximum atomic E-state index is 13.8. The lowest BCUT2D eigenvalue weighted by Crippen LogP contribution is -2.17. The highest BCUT2D eigenvalue weighted by Crippen LogP contribution is 2.21. The maximum absolute atomic E-state index is 13.8. The first-order valence-electron chi connectivity index (χ1n) is 6.84. The Labute approximate surface area is 132 Å². The molecule has 4 nitrogen and oxygen atoms in total. The summed E-state index contributed by atoms with van der Waals surface area (Å²) in [5.74, 6) is -3.43. The molecule has 0 spiro atoms. The summed E-state index contributed by atoms with van der Waals surface area (Å²) in [6.45, 7) is 1.86. The van der Waals surface area contributed by atoms with Crippen molar-refractivity contribution in [2.24, 2.45) is 0 Å². The number of nitrogens with one attached hydrogen (secondary N) is 1. The third-order valence-electron chi connectivity index (χ3n) is 3.35. The van der Waals surface area contributed by atoms with Crippen LogP contribution >= 0.6 is 0 Å². The summed E-state index contributed by atoms with van der Waals surface area (Å²) >= 11 is 0. The SMILES string of the molecule is COC(=O)c1cc(NC(=O)Cc2ccccc2C)c(F)cc1F. The Morgan fingerprint density at radius 3 is 2.48 bits per heavy atom. The van der Waals surface area contributed by atoms with E-state index in [0.29, 0.717) is 6.07 Å². The quantitative estimate of drug-likeness (QED) is 0.880. The first-order chi connectivity index (χ1) is 10.9. The number of aryl methyl sites for hydroxylation is 1. The van der Waals surface area contributed by atoms with Gasteiger partial charge in [0.15, 0.2) is 0 Å². The summed E-state index contributed by atoms with van der Waals surface area (Å²) in [5, 5.41) is 2.34. The van der Waals surface area contributed by atoms with Crippen LogP contribution in [0.15, 0.2) is 36.4 Å². The monoisotopic (exact) mass is 319 g/mol. The van der Waals surface area contributed by atoms with Crippen molar-refractivity contribution >= 4 is 17.6 Å². The van der Waals surface area contributed by atoms with Gasteiger partial charge in [-0.2, -0.15) is 0 Å². The lowest BCUT2D eigenvalue weighted by molar-refractivity contribution is -0.115. The number of methoxy groups -OCH3 is 1. The number of hydrogen-bond acceptors (Lipinski definition) is 3. The van der Waals surface area contributed by atoms with Gasteiger partial charge in [0.05, 0.1) is 24.8 Å². The first-order valence-corrected chi connectivity index (χ1v) is 6.84.